The maximum Gasteiger partial charge on any atom is 0.220 e. The first-order chi connectivity index (χ1) is 7.72. The van der Waals surface area contributed by atoms with Crippen LogP contribution in [0.3, 0.4) is 0 Å². The zero-order valence-corrected chi connectivity index (χ0v) is 9.44. The molecule has 0 aliphatic rings. The van der Waals surface area contributed by atoms with Gasteiger partial charge < -0.3 is 11.1 Å². The second kappa shape index (κ2) is 6.89. The lowest BCUT2D eigenvalue weighted by Crippen LogP contribution is -2.23. The number of amides is 1. The number of carbonyl (C=O) groups excluding carboxylic acids is 1. The van der Waals surface area contributed by atoms with Crippen LogP contribution in [0.5, 0.6) is 0 Å². The lowest BCUT2D eigenvalue weighted by atomic mass is 10.0. The fourth-order valence-electron chi connectivity index (χ4n) is 1.33. The minimum absolute atomic E-state index is 0.00803. The van der Waals surface area contributed by atoms with Crippen LogP contribution in [0.1, 0.15) is 32.0 Å². The van der Waals surface area contributed by atoms with E-state index in [1.54, 1.807) is 0 Å². The summed E-state index contributed by atoms with van der Waals surface area (Å²) in [5, 5.41) is 15.9. The van der Waals surface area contributed by atoms with Crippen LogP contribution in [-0.4, -0.2) is 33.1 Å². The highest BCUT2D eigenvalue weighted by Gasteiger charge is 2.07. The molecule has 1 atom stereocenters. The Morgan fingerprint density at radius 2 is 2.38 bits per heavy atom. The van der Waals surface area contributed by atoms with Gasteiger partial charge in [0.1, 0.15) is 0 Å². The fourth-order valence-corrected chi connectivity index (χ4v) is 1.33. The van der Waals surface area contributed by atoms with Crippen molar-refractivity contribution >= 4 is 5.91 Å². The predicted molar refractivity (Wildman–Crippen MR) is 58.1 cm³/mol. The Hall–Kier alpha value is -1.50. The van der Waals surface area contributed by atoms with Crippen LogP contribution in [0.15, 0.2) is 0 Å². The molecule has 1 aromatic heterocycles. The molecule has 16 heavy (non-hydrogen) atoms. The predicted octanol–water partition coefficient (Wildman–Crippen LogP) is -0.419. The van der Waals surface area contributed by atoms with Crippen LogP contribution in [-0.2, 0) is 11.3 Å². The first kappa shape index (κ1) is 12.6. The van der Waals surface area contributed by atoms with Gasteiger partial charge in [-0.05, 0) is 25.3 Å². The quantitative estimate of drug-likeness (QED) is 0.585. The Morgan fingerprint density at radius 1 is 1.56 bits per heavy atom. The molecule has 0 aliphatic heterocycles. The molecule has 7 nitrogen and oxygen atoms in total. The summed E-state index contributed by atoms with van der Waals surface area (Å²) in [6, 6.07) is 0. The van der Waals surface area contributed by atoms with Gasteiger partial charge in [-0.2, -0.15) is 5.21 Å². The number of nitrogens with one attached hydrogen (secondary N) is 2. The third-order valence-corrected chi connectivity index (χ3v) is 2.36. The zero-order chi connectivity index (χ0) is 11.8. The minimum Gasteiger partial charge on any atom is -0.349 e. The molecule has 0 saturated carbocycles. The number of hydrogen-bond acceptors (Lipinski definition) is 5. The van der Waals surface area contributed by atoms with Crippen LogP contribution in [0.25, 0.3) is 0 Å². The number of nitrogens with two attached hydrogens (primary N) is 1. The highest BCUT2D eigenvalue weighted by Crippen LogP contribution is 2.08. The van der Waals surface area contributed by atoms with E-state index in [0.29, 0.717) is 31.3 Å². The molecule has 90 valence electrons. The highest BCUT2D eigenvalue weighted by molar-refractivity contribution is 5.75. The SMILES string of the molecule is CC(CCN)CCC(=O)NCc1nn[nH]n1. The summed E-state index contributed by atoms with van der Waals surface area (Å²) < 4.78 is 0. The number of rotatable bonds is 7. The average molecular weight is 226 g/mol. The molecule has 0 aromatic carbocycles. The number of hydrogen-bond donors (Lipinski definition) is 3. The molecule has 0 spiro atoms. The molecule has 4 N–H and O–H groups in total. The minimum atomic E-state index is 0.00803. The number of tetrazole rings is 1. The van der Waals surface area contributed by atoms with Gasteiger partial charge in [0, 0.05) is 6.42 Å². The molecule has 0 saturated heterocycles. The van der Waals surface area contributed by atoms with Gasteiger partial charge in [-0.1, -0.05) is 12.1 Å². The summed E-state index contributed by atoms with van der Waals surface area (Å²) in [5.74, 6) is 0.984. The summed E-state index contributed by atoms with van der Waals surface area (Å²) >= 11 is 0. The van der Waals surface area contributed by atoms with Gasteiger partial charge in [0.05, 0.1) is 6.54 Å². The van der Waals surface area contributed by atoms with Gasteiger partial charge >= 0.3 is 0 Å². The third-order valence-electron chi connectivity index (χ3n) is 2.36. The molecule has 1 amide bonds. The van der Waals surface area contributed by atoms with Crippen molar-refractivity contribution in [2.45, 2.75) is 32.7 Å². The molecule has 0 bridgehead atoms. The maximum absolute atomic E-state index is 11.4. The molecule has 0 aliphatic carbocycles. The molecule has 0 fully saturated rings. The van der Waals surface area contributed by atoms with E-state index in [0.717, 1.165) is 12.8 Å². The third kappa shape index (κ3) is 4.83. The molecule has 0 radical (unpaired) electrons. The van der Waals surface area contributed by atoms with E-state index in [2.05, 4.69) is 32.9 Å². The number of aromatic nitrogens is 4. The molecule has 7 heteroatoms. The Kier molecular flexibility index (Phi) is 5.41. The van der Waals surface area contributed by atoms with Crippen molar-refractivity contribution in [1.82, 2.24) is 25.9 Å². The number of carbonyl (C=O) groups is 1. The molecule has 1 heterocycles. The number of nitrogens with zero attached hydrogens (tertiary/aromatic N) is 3. The van der Waals surface area contributed by atoms with E-state index in [9.17, 15) is 4.79 Å². The topological polar surface area (TPSA) is 110 Å². The van der Waals surface area contributed by atoms with Gasteiger partial charge in [0.15, 0.2) is 5.82 Å². The van der Waals surface area contributed by atoms with Gasteiger partial charge in [-0.15, -0.1) is 10.2 Å². The standard InChI is InChI=1S/C9H18N6O/c1-7(4-5-10)2-3-9(16)11-6-8-12-14-15-13-8/h7H,2-6,10H2,1H3,(H,11,16)(H,12,13,14,15). The van der Waals surface area contributed by atoms with Crippen molar-refractivity contribution in [1.29, 1.82) is 0 Å². The van der Waals surface area contributed by atoms with Crippen molar-refractivity contribution < 1.29 is 4.79 Å². The van der Waals surface area contributed by atoms with E-state index in [-0.39, 0.29) is 5.91 Å². The first-order valence-corrected chi connectivity index (χ1v) is 5.41. The Morgan fingerprint density at radius 3 is 3.00 bits per heavy atom. The summed E-state index contributed by atoms with van der Waals surface area (Å²) in [5.41, 5.74) is 5.43. The molecule has 1 unspecified atom stereocenters. The largest absolute Gasteiger partial charge is 0.349 e. The first-order valence-electron chi connectivity index (χ1n) is 5.41. The molecular formula is C9H18N6O. The van der Waals surface area contributed by atoms with Crippen molar-refractivity contribution in [3.63, 3.8) is 0 Å². The van der Waals surface area contributed by atoms with Crippen LogP contribution < -0.4 is 11.1 Å². The van der Waals surface area contributed by atoms with Gasteiger partial charge in [-0.25, -0.2) is 0 Å². The van der Waals surface area contributed by atoms with Crippen molar-refractivity contribution in [2.75, 3.05) is 6.54 Å². The molecule has 1 aromatic rings. The van der Waals surface area contributed by atoms with E-state index >= 15 is 0 Å². The molecule has 1 rings (SSSR count). The number of aromatic amines is 1. The summed E-state index contributed by atoms with van der Waals surface area (Å²) in [7, 11) is 0. The summed E-state index contributed by atoms with van der Waals surface area (Å²) in [4.78, 5) is 11.4. The van der Waals surface area contributed by atoms with E-state index in [1.165, 1.54) is 0 Å². The van der Waals surface area contributed by atoms with E-state index in [4.69, 9.17) is 5.73 Å². The smallest absolute Gasteiger partial charge is 0.220 e. The van der Waals surface area contributed by atoms with Gasteiger partial charge in [0.2, 0.25) is 5.91 Å². The zero-order valence-electron chi connectivity index (χ0n) is 9.44. The monoisotopic (exact) mass is 226 g/mol. The fraction of sp³-hybridized carbons (Fsp3) is 0.778. The lowest BCUT2D eigenvalue weighted by molar-refractivity contribution is -0.121. The highest BCUT2D eigenvalue weighted by atomic mass is 16.1. The van der Waals surface area contributed by atoms with Gasteiger partial charge in [0.25, 0.3) is 0 Å². The maximum atomic E-state index is 11.4. The van der Waals surface area contributed by atoms with E-state index < -0.39 is 0 Å². The van der Waals surface area contributed by atoms with Crippen LogP contribution in [0.4, 0.5) is 0 Å². The summed E-state index contributed by atoms with van der Waals surface area (Å²) in [6.45, 7) is 3.09. The molecular weight excluding hydrogens is 208 g/mol. The van der Waals surface area contributed by atoms with E-state index in [1.807, 2.05) is 0 Å². The second-order valence-corrected chi connectivity index (χ2v) is 3.83. The van der Waals surface area contributed by atoms with Crippen LogP contribution in [0.2, 0.25) is 0 Å². The summed E-state index contributed by atoms with van der Waals surface area (Å²) in [6.07, 6.45) is 2.33. The van der Waals surface area contributed by atoms with Gasteiger partial charge in [-0.3, -0.25) is 4.79 Å². The average Bonchev–Trinajstić information content (AvgIpc) is 2.77. The van der Waals surface area contributed by atoms with Crippen molar-refractivity contribution in [2.24, 2.45) is 11.7 Å². The Labute approximate surface area is 94.2 Å². The Balaban J connectivity index is 2.11. The van der Waals surface area contributed by atoms with Crippen LogP contribution >= 0.6 is 0 Å². The van der Waals surface area contributed by atoms with Crippen LogP contribution in [0, 0.1) is 5.92 Å². The Bertz CT molecular complexity index is 299. The van der Waals surface area contributed by atoms with Crippen molar-refractivity contribution in [3.05, 3.63) is 5.82 Å². The lowest BCUT2D eigenvalue weighted by Gasteiger charge is -2.08. The second-order valence-electron chi connectivity index (χ2n) is 3.83. The normalized spacial score (nSPS) is 12.4. The number of H-pyrrole nitrogens is 1. The van der Waals surface area contributed by atoms with Crippen molar-refractivity contribution in [3.8, 4) is 0 Å².